The Kier molecular flexibility index (Phi) is 4.38. The summed E-state index contributed by atoms with van der Waals surface area (Å²) in [6.45, 7) is 3.18. The van der Waals surface area contributed by atoms with Crippen molar-refractivity contribution in [3.05, 3.63) is 35.4 Å². The van der Waals surface area contributed by atoms with Crippen LogP contribution in [0.5, 0.6) is 5.75 Å². The van der Waals surface area contributed by atoms with Gasteiger partial charge in [-0.3, -0.25) is 0 Å². The van der Waals surface area contributed by atoms with Crippen LogP contribution in [0.15, 0.2) is 24.3 Å². The molecule has 0 radical (unpaired) electrons. The summed E-state index contributed by atoms with van der Waals surface area (Å²) in [5.74, 6) is 1.63. The van der Waals surface area contributed by atoms with Crippen LogP contribution in [0.1, 0.15) is 30.4 Å². The lowest BCUT2D eigenvalue weighted by Crippen LogP contribution is -2.21. The third kappa shape index (κ3) is 3.05. The van der Waals surface area contributed by atoms with Gasteiger partial charge in [0.2, 0.25) is 0 Å². The summed E-state index contributed by atoms with van der Waals surface area (Å²) in [4.78, 5) is 0. The van der Waals surface area contributed by atoms with Gasteiger partial charge < -0.3 is 15.2 Å². The molecule has 3 nitrogen and oxygen atoms in total. The van der Waals surface area contributed by atoms with E-state index < -0.39 is 0 Å². The smallest absolute Gasteiger partial charge is 0.119 e. The van der Waals surface area contributed by atoms with Gasteiger partial charge >= 0.3 is 0 Å². The van der Waals surface area contributed by atoms with Gasteiger partial charge in [0.25, 0.3) is 0 Å². The van der Waals surface area contributed by atoms with Crippen LogP contribution >= 0.6 is 0 Å². The molecule has 0 saturated carbocycles. The highest BCUT2D eigenvalue weighted by atomic mass is 16.5. The molecule has 1 heterocycles. The molecule has 3 heteroatoms. The molecule has 1 aliphatic carbocycles. The van der Waals surface area contributed by atoms with Crippen LogP contribution < -0.4 is 10.5 Å². The van der Waals surface area contributed by atoms with Crippen LogP contribution in [0, 0.1) is 5.92 Å². The highest BCUT2D eigenvalue weighted by molar-refractivity contribution is 5.71. The maximum Gasteiger partial charge on any atom is 0.119 e. The molecule has 2 aliphatic rings. The number of ether oxygens (including phenoxy) is 2. The highest BCUT2D eigenvalue weighted by Crippen LogP contribution is 2.29. The van der Waals surface area contributed by atoms with E-state index in [1.807, 2.05) is 0 Å². The van der Waals surface area contributed by atoms with Crippen LogP contribution in [0.4, 0.5) is 0 Å². The molecule has 1 fully saturated rings. The minimum Gasteiger partial charge on any atom is -0.493 e. The zero-order valence-electron chi connectivity index (χ0n) is 11.9. The SMILES string of the molecule is NCC1=CCCc2cc(OCC3CCOCC3)ccc21. The number of benzene rings is 1. The first-order chi connectivity index (χ1) is 9.86. The molecule has 3 rings (SSSR count). The standard InChI is InChI=1S/C17H23NO2/c18-11-15-3-1-2-14-10-16(4-5-17(14)15)20-12-13-6-8-19-9-7-13/h3-5,10,13H,1-2,6-9,11-12,18H2. The fourth-order valence-corrected chi connectivity index (χ4v) is 3.01. The summed E-state index contributed by atoms with van der Waals surface area (Å²) in [6, 6.07) is 6.43. The van der Waals surface area contributed by atoms with Gasteiger partial charge in [0.05, 0.1) is 6.61 Å². The molecule has 108 valence electrons. The third-order valence-corrected chi connectivity index (χ3v) is 4.27. The average Bonchev–Trinajstić information content (AvgIpc) is 2.53. The molecule has 0 amide bonds. The van der Waals surface area contributed by atoms with Gasteiger partial charge in [-0.15, -0.1) is 0 Å². The topological polar surface area (TPSA) is 44.5 Å². The summed E-state index contributed by atoms with van der Waals surface area (Å²) in [5, 5.41) is 0. The van der Waals surface area contributed by atoms with E-state index in [0.717, 1.165) is 51.3 Å². The summed E-state index contributed by atoms with van der Waals surface area (Å²) in [7, 11) is 0. The first-order valence-corrected chi connectivity index (χ1v) is 7.60. The Morgan fingerprint density at radius 2 is 2.10 bits per heavy atom. The van der Waals surface area contributed by atoms with E-state index in [1.165, 1.54) is 16.7 Å². The van der Waals surface area contributed by atoms with Gasteiger partial charge in [-0.2, -0.15) is 0 Å². The van der Waals surface area contributed by atoms with Gasteiger partial charge in [-0.1, -0.05) is 12.1 Å². The maximum atomic E-state index is 5.97. The predicted molar refractivity (Wildman–Crippen MR) is 80.8 cm³/mol. The zero-order valence-corrected chi connectivity index (χ0v) is 11.9. The highest BCUT2D eigenvalue weighted by Gasteiger charge is 2.16. The zero-order chi connectivity index (χ0) is 13.8. The number of allylic oxidation sites excluding steroid dienone is 1. The summed E-state index contributed by atoms with van der Waals surface area (Å²) in [5.41, 5.74) is 9.74. The fourth-order valence-electron chi connectivity index (χ4n) is 3.01. The van der Waals surface area contributed by atoms with Gasteiger partial charge in [0, 0.05) is 19.8 Å². The number of hydrogen-bond acceptors (Lipinski definition) is 3. The molecule has 0 aromatic heterocycles. The van der Waals surface area contributed by atoms with E-state index in [9.17, 15) is 0 Å². The number of hydrogen-bond donors (Lipinski definition) is 1. The van der Waals surface area contributed by atoms with Crippen molar-refractivity contribution in [3.63, 3.8) is 0 Å². The van der Waals surface area contributed by atoms with Gasteiger partial charge in [0.1, 0.15) is 5.75 Å². The Morgan fingerprint density at radius 3 is 2.90 bits per heavy atom. The number of aryl methyl sites for hydroxylation is 1. The predicted octanol–water partition coefficient (Wildman–Crippen LogP) is 2.78. The third-order valence-electron chi connectivity index (χ3n) is 4.27. The molecule has 0 bridgehead atoms. The van der Waals surface area contributed by atoms with Crippen LogP contribution in [-0.4, -0.2) is 26.4 Å². The van der Waals surface area contributed by atoms with E-state index in [4.69, 9.17) is 15.2 Å². The van der Waals surface area contributed by atoms with Gasteiger partial charge in [0.15, 0.2) is 0 Å². The molecule has 1 aromatic carbocycles. The lowest BCUT2D eigenvalue weighted by molar-refractivity contribution is 0.0497. The quantitative estimate of drug-likeness (QED) is 0.917. The minimum atomic E-state index is 0.620. The second-order valence-corrected chi connectivity index (χ2v) is 5.66. The monoisotopic (exact) mass is 273 g/mol. The summed E-state index contributed by atoms with van der Waals surface area (Å²) in [6.07, 6.45) is 6.66. The van der Waals surface area contributed by atoms with E-state index in [0.29, 0.717) is 12.5 Å². The Bertz CT molecular complexity index is 490. The second kappa shape index (κ2) is 6.42. The summed E-state index contributed by atoms with van der Waals surface area (Å²) < 4.78 is 11.4. The van der Waals surface area contributed by atoms with Crippen molar-refractivity contribution in [1.82, 2.24) is 0 Å². The molecule has 1 saturated heterocycles. The Labute approximate surface area is 120 Å². The van der Waals surface area contributed by atoms with Gasteiger partial charge in [-0.05, 0) is 60.4 Å². The minimum absolute atomic E-state index is 0.620. The molecular weight excluding hydrogens is 250 g/mol. The largest absolute Gasteiger partial charge is 0.493 e. The lowest BCUT2D eigenvalue weighted by atomic mass is 9.90. The van der Waals surface area contributed by atoms with Crippen LogP contribution in [-0.2, 0) is 11.2 Å². The molecular formula is C17H23NO2. The number of fused-ring (bicyclic) bond motifs is 1. The Morgan fingerprint density at radius 1 is 1.25 bits per heavy atom. The van der Waals surface area contributed by atoms with Crippen molar-refractivity contribution in [1.29, 1.82) is 0 Å². The molecule has 0 atom stereocenters. The molecule has 2 N–H and O–H groups in total. The molecule has 1 aliphatic heterocycles. The van der Waals surface area contributed by atoms with Crippen LogP contribution in [0.2, 0.25) is 0 Å². The normalized spacial score (nSPS) is 19.4. The van der Waals surface area contributed by atoms with E-state index >= 15 is 0 Å². The number of nitrogens with two attached hydrogens (primary N) is 1. The van der Waals surface area contributed by atoms with Crippen LogP contribution in [0.3, 0.4) is 0 Å². The molecule has 1 aromatic rings. The first-order valence-electron chi connectivity index (χ1n) is 7.60. The lowest BCUT2D eigenvalue weighted by Gasteiger charge is -2.23. The first kappa shape index (κ1) is 13.7. The number of rotatable bonds is 4. The van der Waals surface area contributed by atoms with Crippen molar-refractivity contribution >= 4 is 5.57 Å². The van der Waals surface area contributed by atoms with E-state index in [-0.39, 0.29) is 0 Å². The van der Waals surface area contributed by atoms with Crippen molar-refractivity contribution in [2.24, 2.45) is 11.7 Å². The van der Waals surface area contributed by atoms with Crippen molar-refractivity contribution in [2.75, 3.05) is 26.4 Å². The van der Waals surface area contributed by atoms with Crippen molar-refractivity contribution in [2.45, 2.75) is 25.7 Å². The van der Waals surface area contributed by atoms with Gasteiger partial charge in [-0.25, -0.2) is 0 Å². The molecule has 0 spiro atoms. The fraction of sp³-hybridized carbons (Fsp3) is 0.529. The summed E-state index contributed by atoms with van der Waals surface area (Å²) >= 11 is 0. The van der Waals surface area contributed by atoms with Crippen molar-refractivity contribution < 1.29 is 9.47 Å². The van der Waals surface area contributed by atoms with E-state index in [2.05, 4.69) is 24.3 Å². The van der Waals surface area contributed by atoms with Crippen molar-refractivity contribution in [3.8, 4) is 5.75 Å². The van der Waals surface area contributed by atoms with E-state index in [1.54, 1.807) is 0 Å². The molecule has 0 unspecified atom stereocenters. The average molecular weight is 273 g/mol. The second-order valence-electron chi connectivity index (χ2n) is 5.66. The Hall–Kier alpha value is -1.32. The van der Waals surface area contributed by atoms with Crippen LogP contribution in [0.25, 0.3) is 5.57 Å². The molecule has 20 heavy (non-hydrogen) atoms. The Balaban J connectivity index is 1.65. The maximum absolute atomic E-state index is 5.97.